The second-order valence-corrected chi connectivity index (χ2v) is 8.45. The number of aromatic amines is 1. The minimum atomic E-state index is -0.467. The molecule has 1 aromatic heterocycles. The molecule has 0 spiro atoms. The third-order valence-corrected chi connectivity index (χ3v) is 6.16. The lowest BCUT2D eigenvalue weighted by Gasteiger charge is -2.35. The Labute approximate surface area is 193 Å². The SMILES string of the molecule is CCC1CCCCN1C(=O)COc1cccc(-c2cc(-c3ccc(O)c(C)c3)nc(=O)[nH]2)c1. The van der Waals surface area contributed by atoms with Gasteiger partial charge in [-0.1, -0.05) is 19.1 Å². The Hall–Kier alpha value is -3.61. The molecule has 7 heteroatoms. The van der Waals surface area contributed by atoms with Gasteiger partial charge in [-0.15, -0.1) is 0 Å². The molecule has 33 heavy (non-hydrogen) atoms. The number of rotatable bonds is 6. The van der Waals surface area contributed by atoms with Crippen molar-refractivity contribution in [1.82, 2.24) is 14.9 Å². The molecule has 1 amide bonds. The van der Waals surface area contributed by atoms with E-state index in [1.54, 1.807) is 43.3 Å². The minimum Gasteiger partial charge on any atom is -0.508 e. The number of nitrogens with zero attached hydrogens (tertiary/aromatic N) is 2. The van der Waals surface area contributed by atoms with Gasteiger partial charge < -0.3 is 19.7 Å². The molecule has 0 radical (unpaired) electrons. The first kappa shape index (κ1) is 22.6. The van der Waals surface area contributed by atoms with Gasteiger partial charge in [-0.3, -0.25) is 4.79 Å². The quantitative estimate of drug-likeness (QED) is 0.588. The molecule has 2 aromatic carbocycles. The van der Waals surface area contributed by atoms with Gasteiger partial charge in [-0.2, -0.15) is 4.98 Å². The summed E-state index contributed by atoms with van der Waals surface area (Å²) in [6.07, 6.45) is 4.21. The topological polar surface area (TPSA) is 95.5 Å². The number of amides is 1. The number of hydrogen-bond donors (Lipinski definition) is 2. The average molecular weight is 448 g/mol. The molecule has 1 atom stereocenters. The van der Waals surface area contributed by atoms with Gasteiger partial charge in [0, 0.05) is 23.7 Å². The van der Waals surface area contributed by atoms with Crippen LogP contribution in [0.15, 0.2) is 53.3 Å². The maximum Gasteiger partial charge on any atom is 0.345 e. The summed E-state index contributed by atoms with van der Waals surface area (Å²) >= 11 is 0. The maximum absolute atomic E-state index is 12.7. The van der Waals surface area contributed by atoms with Gasteiger partial charge in [0.25, 0.3) is 5.91 Å². The standard InChI is InChI=1S/C26H29N3O4/c1-3-20-8-4-5-12-29(20)25(31)16-33-21-9-6-7-18(14-21)22-15-23(28-26(32)27-22)19-10-11-24(30)17(2)13-19/h6-7,9-11,13-15,20,30H,3-5,8,12,16H2,1-2H3,(H,27,28,32). The Morgan fingerprint density at radius 1 is 1.18 bits per heavy atom. The number of aromatic nitrogens is 2. The molecule has 2 heterocycles. The Morgan fingerprint density at radius 2 is 2.03 bits per heavy atom. The fraction of sp³-hybridized carbons (Fsp3) is 0.346. The number of hydrogen-bond acceptors (Lipinski definition) is 5. The van der Waals surface area contributed by atoms with E-state index in [1.165, 1.54) is 6.42 Å². The van der Waals surface area contributed by atoms with Gasteiger partial charge in [-0.05, 0) is 74.6 Å². The normalized spacial score (nSPS) is 15.9. The lowest BCUT2D eigenvalue weighted by Crippen LogP contribution is -2.45. The number of benzene rings is 2. The fourth-order valence-corrected chi connectivity index (χ4v) is 4.31. The van der Waals surface area contributed by atoms with Crippen LogP contribution in [0.1, 0.15) is 38.2 Å². The van der Waals surface area contributed by atoms with Crippen LogP contribution in [-0.4, -0.2) is 45.1 Å². The van der Waals surface area contributed by atoms with Crippen molar-refractivity contribution in [2.24, 2.45) is 0 Å². The molecular weight excluding hydrogens is 418 g/mol. The summed E-state index contributed by atoms with van der Waals surface area (Å²) in [4.78, 5) is 33.8. The number of carbonyl (C=O) groups excluding carboxylic acids is 1. The first-order valence-electron chi connectivity index (χ1n) is 11.4. The molecule has 1 aliphatic rings. The Balaban J connectivity index is 1.53. The van der Waals surface area contributed by atoms with Crippen LogP contribution < -0.4 is 10.4 Å². The van der Waals surface area contributed by atoms with Crippen molar-refractivity contribution < 1.29 is 14.6 Å². The van der Waals surface area contributed by atoms with E-state index in [9.17, 15) is 14.7 Å². The van der Waals surface area contributed by atoms with Gasteiger partial charge in [0.15, 0.2) is 6.61 Å². The van der Waals surface area contributed by atoms with Crippen molar-refractivity contribution >= 4 is 5.91 Å². The molecule has 0 aliphatic carbocycles. The highest BCUT2D eigenvalue weighted by Gasteiger charge is 2.25. The van der Waals surface area contributed by atoms with E-state index in [0.717, 1.165) is 36.9 Å². The number of ether oxygens (including phenoxy) is 1. The molecule has 2 N–H and O–H groups in total. The Kier molecular flexibility index (Phi) is 6.77. The predicted molar refractivity (Wildman–Crippen MR) is 127 cm³/mol. The van der Waals surface area contributed by atoms with Crippen molar-refractivity contribution in [2.75, 3.05) is 13.2 Å². The number of phenolic OH excluding ortho intramolecular Hbond substituents is 1. The van der Waals surface area contributed by atoms with Crippen LogP contribution in [0.2, 0.25) is 0 Å². The predicted octanol–water partition coefficient (Wildman–Crippen LogP) is 4.29. The summed E-state index contributed by atoms with van der Waals surface area (Å²) < 4.78 is 5.82. The van der Waals surface area contributed by atoms with Crippen LogP contribution in [0.4, 0.5) is 0 Å². The lowest BCUT2D eigenvalue weighted by molar-refractivity contribution is -0.137. The van der Waals surface area contributed by atoms with E-state index in [-0.39, 0.29) is 18.3 Å². The zero-order valence-corrected chi connectivity index (χ0v) is 19.0. The number of aromatic hydroxyl groups is 1. The minimum absolute atomic E-state index is 0.00857. The summed E-state index contributed by atoms with van der Waals surface area (Å²) in [5, 5.41) is 9.78. The van der Waals surface area contributed by atoms with Crippen molar-refractivity contribution in [3.8, 4) is 34.0 Å². The second kappa shape index (κ2) is 9.90. The summed E-state index contributed by atoms with van der Waals surface area (Å²) in [6.45, 7) is 4.69. The number of piperidine rings is 1. The molecule has 7 nitrogen and oxygen atoms in total. The highest BCUT2D eigenvalue weighted by molar-refractivity contribution is 5.78. The van der Waals surface area contributed by atoms with Gasteiger partial charge >= 0.3 is 5.69 Å². The molecule has 172 valence electrons. The number of likely N-dealkylation sites (tertiary alicyclic amines) is 1. The molecule has 1 saturated heterocycles. The number of carbonyl (C=O) groups is 1. The fourth-order valence-electron chi connectivity index (χ4n) is 4.31. The van der Waals surface area contributed by atoms with E-state index >= 15 is 0 Å². The van der Waals surface area contributed by atoms with Gasteiger partial charge in [0.2, 0.25) is 0 Å². The molecule has 0 saturated carbocycles. The van der Waals surface area contributed by atoms with Crippen molar-refractivity contribution in [2.45, 2.75) is 45.6 Å². The Morgan fingerprint density at radius 3 is 2.82 bits per heavy atom. The van der Waals surface area contributed by atoms with Crippen molar-refractivity contribution in [3.05, 3.63) is 64.6 Å². The summed E-state index contributed by atoms with van der Waals surface area (Å²) in [7, 11) is 0. The highest BCUT2D eigenvalue weighted by atomic mass is 16.5. The zero-order chi connectivity index (χ0) is 23.4. The average Bonchev–Trinajstić information content (AvgIpc) is 2.84. The molecular formula is C26H29N3O4. The van der Waals surface area contributed by atoms with Crippen LogP contribution in [0.3, 0.4) is 0 Å². The maximum atomic E-state index is 12.7. The van der Waals surface area contributed by atoms with E-state index in [2.05, 4.69) is 16.9 Å². The largest absolute Gasteiger partial charge is 0.508 e. The van der Waals surface area contributed by atoms with Crippen molar-refractivity contribution in [3.63, 3.8) is 0 Å². The van der Waals surface area contributed by atoms with Crippen molar-refractivity contribution in [1.29, 1.82) is 0 Å². The first-order valence-corrected chi connectivity index (χ1v) is 11.4. The van der Waals surface area contributed by atoms with Crippen LogP contribution in [0.25, 0.3) is 22.5 Å². The molecule has 0 bridgehead atoms. The Bertz CT molecular complexity index is 1200. The number of nitrogens with one attached hydrogen (secondary N) is 1. The molecule has 4 rings (SSSR count). The summed E-state index contributed by atoms with van der Waals surface area (Å²) in [5.74, 6) is 0.762. The van der Waals surface area contributed by atoms with Crippen LogP contribution in [-0.2, 0) is 4.79 Å². The van der Waals surface area contributed by atoms with E-state index < -0.39 is 5.69 Å². The molecule has 3 aromatic rings. The number of phenols is 1. The molecule has 1 unspecified atom stereocenters. The molecule has 1 aliphatic heterocycles. The highest BCUT2D eigenvalue weighted by Crippen LogP contribution is 2.27. The number of aryl methyl sites for hydroxylation is 1. The molecule has 1 fully saturated rings. The summed E-state index contributed by atoms with van der Waals surface area (Å²) in [5.41, 5.74) is 2.83. The van der Waals surface area contributed by atoms with Gasteiger partial charge in [0.05, 0.1) is 11.4 Å². The van der Waals surface area contributed by atoms with E-state index in [1.807, 2.05) is 17.0 Å². The van der Waals surface area contributed by atoms with E-state index in [4.69, 9.17) is 4.74 Å². The second-order valence-electron chi connectivity index (χ2n) is 8.45. The lowest BCUT2D eigenvalue weighted by atomic mass is 10.00. The van der Waals surface area contributed by atoms with Crippen LogP contribution in [0, 0.1) is 6.92 Å². The van der Waals surface area contributed by atoms with E-state index in [0.29, 0.717) is 28.7 Å². The third-order valence-electron chi connectivity index (χ3n) is 6.16. The van der Waals surface area contributed by atoms with Gasteiger partial charge in [-0.25, -0.2) is 4.79 Å². The smallest absolute Gasteiger partial charge is 0.345 e. The summed E-state index contributed by atoms with van der Waals surface area (Å²) in [6, 6.07) is 14.5. The first-order chi connectivity index (χ1) is 15.9. The zero-order valence-electron chi connectivity index (χ0n) is 19.0. The monoisotopic (exact) mass is 447 g/mol. The number of H-pyrrole nitrogens is 1. The van der Waals surface area contributed by atoms with Crippen LogP contribution in [0.5, 0.6) is 11.5 Å². The van der Waals surface area contributed by atoms with Gasteiger partial charge in [0.1, 0.15) is 11.5 Å². The third kappa shape index (κ3) is 5.25. The van der Waals surface area contributed by atoms with Crippen LogP contribution >= 0.6 is 0 Å².